The van der Waals surface area contributed by atoms with E-state index in [1.807, 2.05) is 24.3 Å². The van der Waals surface area contributed by atoms with E-state index in [9.17, 15) is 9.59 Å². The smallest absolute Gasteiger partial charge is 0.250 e. The first-order valence-electron chi connectivity index (χ1n) is 12.2. The molecule has 2 heterocycles. The lowest BCUT2D eigenvalue weighted by molar-refractivity contribution is 0.104. The van der Waals surface area contributed by atoms with Crippen molar-refractivity contribution in [3.05, 3.63) is 88.2 Å². The van der Waals surface area contributed by atoms with E-state index in [4.69, 9.17) is 5.73 Å². The van der Waals surface area contributed by atoms with Crippen molar-refractivity contribution in [1.29, 1.82) is 0 Å². The van der Waals surface area contributed by atoms with Crippen LogP contribution in [0.4, 0.5) is 0 Å². The molecule has 0 unspecified atom stereocenters. The standard InChI is InChI=1S/C28H33N5O2/c1-4-22(5-2)33-18-21(10-11-27(33)35)24-16-30-17-25(32-24)26(34)14-23(29)20-8-6-19(7-9-20)15-31-28(3)12-13-28/h6-11,14,16-18,22,31H,4-5,12-13,15,29H2,1-3H3. The average Bonchev–Trinajstić information content (AvgIpc) is 3.62. The monoisotopic (exact) mass is 471 g/mol. The molecule has 0 aliphatic heterocycles. The summed E-state index contributed by atoms with van der Waals surface area (Å²) in [6.45, 7) is 7.16. The molecule has 35 heavy (non-hydrogen) atoms. The van der Waals surface area contributed by atoms with E-state index in [2.05, 4.69) is 36.1 Å². The van der Waals surface area contributed by atoms with E-state index in [-0.39, 0.29) is 28.6 Å². The lowest BCUT2D eigenvalue weighted by Crippen LogP contribution is -2.26. The number of aromatic nitrogens is 3. The Balaban J connectivity index is 1.50. The van der Waals surface area contributed by atoms with Crippen molar-refractivity contribution < 1.29 is 4.79 Å². The Morgan fingerprint density at radius 3 is 2.51 bits per heavy atom. The normalized spacial score (nSPS) is 14.8. The minimum atomic E-state index is -0.322. The van der Waals surface area contributed by atoms with Gasteiger partial charge in [-0.05, 0) is 49.8 Å². The molecule has 1 fully saturated rings. The quantitative estimate of drug-likeness (QED) is 0.334. The highest BCUT2D eigenvalue weighted by molar-refractivity contribution is 6.07. The highest BCUT2D eigenvalue weighted by atomic mass is 16.1. The second-order valence-electron chi connectivity index (χ2n) is 9.50. The summed E-state index contributed by atoms with van der Waals surface area (Å²) in [5.41, 5.74) is 10.2. The summed E-state index contributed by atoms with van der Waals surface area (Å²) < 4.78 is 1.73. The molecule has 0 spiro atoms. The van der Waals surface area contributed by atoms with E-state index in [1.54, 1.807) is 23.0 Å². The third-order valence-electron chi connectivity index (χ3n) is 6.75. The number of nitrogens with one attached hydrogen (secondary N) is 1. The Morgan fingerprint density at radius 2 is 1.86 bits per heavy atom. The Morgan fingerprint density at radius 1 is 1.14 bits per heavy atom. The molecule has 3 N–H and O–H groups in total. The molecule has 7 heteroatoms. The number of carbonyl (C=O) groups is 1. The minimum absolute atomic E-state index is 0.0538. The molecule has 0 amide bonds. The zero-order valence-corrected chi connectivity index (χ0v) is 20.6. The van der Waals surface area contributed by atoms with Crippen molar-refractivity contribution >= 4 is 11.5 Å². The molecule has 1 aliphatic rings. The Hall–Kier alpha value is -3.58. The van der Waals surface area contributed by atoms with Crippen molar-refractivity contribution in [3.8, 4) is 11.3 Å². The predicted octanol–water partition coefficient (Wildman–Crippen LogP) is 4.49. The summed E-state index contributed by atoms with van der Waals surface area (Å²) in [4.78, 5) is 34.0. The molecule has 7 nitrogen and oxygen atoms in total. The van der Waals surface area contributed by atoms with Crippen LogP contribution < -0.4 is 16.6 Å². The summed E-state index contributed by atoms with van der Waals surface area (Å²) in [6, 6.07) is 11.3. The first kappa shape index (κ1) is 24.5. The second kappa shape index (κ2) is 10.4. The van der Waals surface area contributed by atoms with Gasteiger partial charge in [-0.1, -0.05) is 38.1 Å². The van der Waals surface area contributed by atoms with Gasteiger partial charge in [0.1, 0.15) is 5.69 Å². The van der Waals surface area contributed by atoms with Crippen LogP contribution in [0.15, 0.2) is 65.9 Å². The fourth-order valence-corrected chi connectivity index (χ4v) is 4.04. The van der Waals surface area contributed by atoms with Crippen molar-refractivity contribution in [2.75, 3.05) is 0 Å². The van der Waals surface area contributed by atoms with Gasteiger partial charge in [0.15, 0.2) is 0 Å². The zero-order valence-electron chi connectivity index (χ0n) is 20.6. The van der Waals surface area contributed by atoms with Crippen LogP contribution in [0.3, 0.4) is 0 Å². The number of benzene rings is 1. The molecule has 1 aromatic carbocycles. The van der Waals surface area contributed by atoms with Crippen LogP contribution in [0.1, 0.15) is 74.1 Å². The van der Waals surface area contributed by atoms with Crippen molar-refractivity contribution in [3.63, 3.8) is 0 Å². The highest BCUT2D eigenvalue weighted by Gasteiger charge is 2.36. The fraction of sp³-hybridized carbons (Fsp3) is 0.357. The van der Waals surface area contributed by atoms with Crippen molar-refractivity contribution in [1.82, 2.24) is 19.9 Å². The third-order valence-corrected chi connectivity index (χ3v) is 6.75. The summed E-state index contributed by atoms with van der Waals surface area (Å²) in [5.74, 6) is -0.322. The number of allylic oxidation sites excluding steroid dienone is 1. The molecule has 4 rings (SSSR count). The molecule has 0 bridgehead atoms. The van der Waals surface area contributed by atoms with Crippen LogP contribution in [-0.2, 0) is 6.54 Å². The number of hydrogen-bond acceptors (Lipinski definition) is 6. The molecule has 0 saturated heterocycles. The maximum Gasteiger partial charge on any atom is 0.250 e. The SMILES string of the molecule is CCC(CC)n1cc(-c2cncc(C(=O)C=C(N)c3ccc(CNC4(C)CC4)cc3)n2)ccc1=O. The first-order valence-corrected chi connectivity index (χ1v) is 12.2. The fourth-order valence-electron chi connectivity index (χ4n) is 4.04. The van der Waals surface area contributed by atoms with Crippen molar-refractivity contribution in [2.24, 2.45) is 5.73 Å². The van der Waals surface area contributed by atoms with Gasteiger partial charge in [0.2, 0.25) is 5.78 Å². The molecular weight excluding hydrogens is 438 g/mol. The molecule has 1 aliphatic carbocycles. The summed E-state index contributed by atoms with van der Waals surface area (Å²) in [6.07, 6.45) is 10.3. The molecule has 2 aromatic heterocycles. The van der Waals surface area contributed by atoms with E-state index >= 15 is 0 Å². The maximum atomic E-state index is 12.9. The molecule has 182 valence electrons. The number of hydrogen-bond donors (Lipinski definition) is 2. The Bertz CT molecular complexity index is 1290. The van der Waals surface area contributed by atoms with Crippen LogP contribution in [0.2, 0.25) is 0 Å². The number of rotatable bonds is 10. The molecule has 0 atom stereocenters. The summed E-state index contributed by atoms with van der Waals surface area (Å²) >= 11 is 0. The first-order chi connectivity index (χ1) is 16.8. The maximum absolute atomic E-state index is 12.9. The Kier molecular flexibility index (Phi) is 7.26. The van der Waals surface area contributed by atoms with Crippen LogP contribution in [0.25, 0.3) is 17.0 Å². The second-order valence-corrected chi connectivity index (χ2v) is 9.50. The van der Waals surface area contributed by atoms with Crippen LogP contribution in [0, 0.1) is 0 Å². The number of nitrogens with two attached hydrogens (primary N) is 1. The van der Waals surface area contributed by atoms with Gasteiger partial charge in [-0.25, -0.2) is 4.98 Å². The van der Waals surface area contributed by atoms with Gasteiger partial charge >= 0.3 is 0 Å². The van der Waals surface area contributed by atoms with Gasteiger partial charge in [-0.3, -0.25) is 14.6 Å². The summed E-state index contributed by atoms with van der Waals surface area (Å²) in [5, 5.41) is 3.56. The lowest BCUT2D eigenvalue weighted by atomic mass is 10.1. The zero-order chi connectivity index (χ0) is 25.0. The van der Waals surface area contributed by atoms with Crippen LogP contribution >= 0.6 is 0 Å². The number of carbonyl (C=O) groups excluding carboxylic acids is 1. The molecular formula is C28H33N5O2. The van der Waals surface area contributed by atoms with Gasteiger partial charge in [-0.2, -0.15) is 0 Å². The molecule has 3 aromatic rings. The predicted molar refractivity (Wildman–Crippen MR) is 139 cm³/mol. The van der Waals surface area contributed by atoms with E-state index in [0.29, 0.717) is 11.4 Å². The lowest BCUT2D eigenvalue weighted by Gasteiger charge is -2.17. The van der Waals surface area contributed by atoms with Crippen LogP contribution in [0.5, 0.6) is 0 Å². The largest absolute Gasteiger partial charge is 0.398 e. The molecule has 1 saturated carbocycles. The summed E-state index contributed by atoms with van der Waals surface area (Å²) in [7, 11) is 0. The van der Waals surface area contributed by atoms with E-state index in [0.717, 1.165) is 30.5 Å². The Labute approximate surface area is 206 Å². The minimum Gasteiger partial charge on any atom is -0.398 e. The topological polar surface area (TPSA) is 103 Å². The number of ketones is 1. The molecule has 0 radical (unpaired) electrons. The van der Waals surface area contributed by atoms with E-state index in [1.165, 1.54) is 36.7 Å². The highest BCUT2D eigenvalue weighted by Crippen LogP contribution is 2.34. The van der Waals surface area contributed by atoms with Gasteiger partial charge in [0, 0.05) is 47.7 Å². The van der Waals surface area contributed by atoms with Crippen molar-refractivity contribution in [2.45, 2.75) is 64.6 Å². The number of nitrogens with zero attached hydrogens (tertiary/aromatic N) is 3. The average molecular weight is 472 g/mol. The van der Waals surface area contributed by atoms with Gasteiger partial charge in [-0.15, -0.1) is 0 Å². The van der Waals surface area contributed by atoms with Gasteiger partial charge in [0.05, 0.1) is 18.1 Å². The number of pyridine rings is 1. The third kappa shape index (κ3) is 5.92. The van der Waals surface area contributed by atoms with Gasteiger partial charge < -0.3 is 15.6 Å². The van der Waals surface area contributed by atoms with Crippen LogP contribution in [-0.4, -0.2) is 25.9 Å². The van der Waals surface area contributed by atoms with Gasteiger partial charge in [0.25, 0.3) is 5.56 Å². The van der Waals surface area contributed by atoms with E-state index < -0.39 is 0 Å².